The summed E-state index contributed by atoms with van der Waals surface area (Å²) in [5.74, 6) is 0.938. The average Bonchev–Trinajstić information content (AvgIpc) is 3.23. The zero-order valence-electron chi connectivity index (χ0n) is 17.7. The number of aryl methyl sites for hydroxylation is 1. The zero-order valence-corrected chi connectivity index (χ0v) is 17.7. The van der Waals surface area contributed by atoms with E-state index in [2.05, 4.69) is 32.0 Å². The van der Waals surface area contributed by atoms with Crippen LogP contribution in [0.1, 0.15) is 42.9 Å². The molecule has 2 aromatic rings. The summed E-state index contributed by atoms with van der Waals surface area (Å²) in [5, 5.41) is 7.33. The maximum absolute atomic E-state index is 12.4. The molecule has 2 saturated heterocycles. The van der Waals surface area contributed by atoms with Crippen molar-refractivity contribution in [2.75, 3.05) is 38.3 Å². The second-order valence-electron chi connectivity index (χ2n) is 8.01. The minimum absolute atomic E-state index is 0.0687. The lowest BCUT2D eigenvalue weighted by Crippen LogP contribution is -2.51. The van der Waals surface area contributed by atoms with Crippen LogP contribution in [0, 0.1) is 6.92 Å². The Morgan fingerprint density at radius 1 is 1.20 bits per heavy atom. The average molecular weight is 415 g/mol. The van der Waals surface area contributed by atoms with Gasteiger partial charge < -0.3 is 19.3 Å². The molecular weight excluding hydrogens is 384 g/mol. The predicted molar refractivity (Wildman–Crippen MR) is 111 cm³/mol. The van der Waals surface area contributed by atoms with Crippen LogP contribution < -0.4 is 4.90 Å². The standard InChI is InChI=1S/C21H30N6O3/c1-15-13-24-25-19(15)17-5-3-10-27(21(28)29-2)18(17)14-30-16-6-11-26(12-7-16)20-22-8-4-9-23-20/h4,8-9,13,16-18H,3,5-7,10-12,14H2,1-2H3,(H,24,25)/t17-,18-/m0/s1. The van der Waals surface area contributed by atoms with E-state index in [0.717, 1.165) is 56.0 Å². The Kier molecular flexibility index (Phi) is 6.47. The van der Waals surface area contributed by atoms with Crippen molar-refractivity contribution in [3.63, 3.8) is 0 Å². The molecular formula is C21H30N6O3. The number of aromatic amines is 1. The molecule has 0 radical (unpaired) electrons. The van der Waals surface area contributed by atoms with Crippen molar-refractivity contribution in [3.05, 3.63) is 35.9 Å². The van der Waals surface area contributed by atoms with Crippen molar-refractivity contribution in [1.29, 1.82) is 0 Å². The number of aromatic nitrogens is 4. The summed E-state index contributed by atoms with van der Waals surface area (Å²) in [6.45, 7) is 4.96. The van der Waals surface area contributed by atoms with Crippen molar-refractivity contribution in [3.8, 4) is 0 Å². The van der Waals surface area contributed by atoms with Gasteiger partial charge in [0.2, 0.25) is 5.95 Å². The number of rotatable bonds is 5. The van der Waals surface area contributed by atoms with Gasteiger partial charge in [0, 0.05) is 43.6 Å². The third kappa shape index (κ3) is 4.40. The number of carbonyl (C=O) groups excluding carboxylic acids is 1. The Morgan fingerprint density at radius 3 is 2.63 bits per heavy atom. The van der Waals surface area contributed by atoms with Crippen LogP contribution in [0.3, 0.4) is 0 Å². The number of likely N-dealkylation sites (tertiary alicyclic amines) is 1. The molecule has 2 aromatic heterocycles. The Bertz CT molecular complexity index is 821. The highest BCUT2D eigenvalue weighted by Crippen LogP contribution is 2.34. The number of methoxy groups -OCH3 is 1. The van der Waals surface area contributed by atoms with Crippen molar-refractivity contribution >= 4 is 12.0 Å². The van der Waals surface area contributed by atoms with Gasteiger partial charge in [-0.25, -0.2) is 14.8 Å². The molecule has 9 heteroatoms. The van der Waals surface area contributed by atoms with E-state index in [1.165, 1.54) is 7.11 Å². The molecule has 0 aliphatic carbocycles. The largest absolute Gasteiger partial charge is 0.453 e. The van der Waals surface area contributed by atoms with Gasteiger partial charge in [-0.3, -0.25) is 5.10 Å². The van der Waals surface area contributed by atoms with Crippen molar-refractivity contribution < 1.29 is 14.3 Å². The third-order valence-electron chi connectivity index (χ3n) is 6.21. The lowest BCUT2D eigenvalue weighted by atomic mass is 9.85. The molecule has 162 valence electrons. The molecule has 4 rings (SSSR count). The molecule has 0 spiro atoms. The highest BCUT2D eigenvalue weighted by Gasteiger charge is 2.38. The normalized spacial score (nSPS) is 22.9. The van der Waals surface area contributed by atoms with E-state index >= 15 is 0 Å². The van der Waals surface area contributed by atoms with Gasteiger partial charge in [0.25, 0.3) is 0 Å². The van der Waals surface area contributed by atoms with Crippen LogP contribution in [0.25, 0.3) is 0 Å². The summed E-state index contributed by atoms with van der Waals surface area (Å²) in [6, 6.07) is 1.76. The summed E-state index contributed by atoms with van der Waals surface area (Å²) in [7, 11) is 1.44. The predicted octanol–water partition coefficient (Wildman–Crippen LogP) is 2.51. The van der Waals surface area contributed by atoms with Gasteiger partial charge in [-0.05, 0) is 44.2 Å². The van der Waals surface area contributed by atoms with E-state index in [-0.39, 0.29) is 24.2 Å². The summed E-state index contributed by atoms with van der Waals surface area (Å²) >= 11 is 0. The first-order chi connectivity index (χ1) is 14.7. The van der Waals surface area contributed by atoms with E-state index in [0.29, 0.717) is 13.2 Å². The first kappa shape index (κ1) is 20.6. The fraction of sp³-hybridized carbons (Fsp3) is 0.619. The van der Waals surface area contributed by atoms with Gasteiger partial charge in [-0.1, -0.05) is 0 Å². The molecule has 30 heavy (non-hydrogen) atoms. The van der Waals surface area contributed by atoms with Crippen LogP contribution in [0.5, 0.6) is 0 Å². The maximum atomic E-state index is 12.4. The van der Waals surface area contributed by atoms with Crippen molar-refractivity contribution in [1.82, 2.24) is 25.1 Å². The topological polar surface area (TPSA) is 96.5 Å². The number of H-pyrrole nitrogens is 1. The number of hydrogen-bond donors (Lipinski definition) is 1. The number of nitrogens with one attached hydrogen (secondary N) is 1. The molecule has 1 amide bonds. The summed E-state index contributed by atoms with van der Waals surface area (Å²) in [5.41, 5.74) is 2.21. The van der Waals surface area contributed by atoms with Crippen LogP contribution >= 0.6 is 0 Å². The second kappa shape index (κ2) is 9.42. The highest BCUT2D eigenvalue weighted by atomic mass is 16.5. The number of anilines is 1. The third-order valence-corrected chi connectivity index (χ3v) is 6.21. The van der Waals surface area contributed by atoms with Gasteiger partial charge in [-0.15, -0.1) is 0 Å². The minimum atomic E-state index is -0.290. The highest BCUT2D eigenvalue weighted by molar-refractivity contribution is 5.68. The van der Waals surface area contributed by atoms with Crippen LogP contribution in [0.2, 0.25) is 0 Å². The molecule has 1 N–H and O–H groups in total. The monoisotopic (exact) mass is 414 g/mol. The first-order valence-electron chi connectivity index (χ1n) is 10.7. The molecule has 2 atom stereocenters. The van der Waals surface area contributed by atoms with Gasteiger partial charge in [0.05, 0.1) is 32.1 Å². The van der Waals surface area contributed by atoms with Crippen LogP contribution in [-0.2, 0) is 9.47 Å². The van der Waals surface area contributed by atoms with E-state index in [1.807, 2.05) is 17.2 Å². The smallest absolute Gasteiger partial charge is 0.409 e. The second-order valence-corrected chi connectivity index (χ2v) is 8.01. The Balaban J connectivity index is 1.40. The van der Waals surface area contributed by atoms with Crippen LogP contribution in [-0.4, -0.2) is 76.7 Å². The lowest BCUT2D eigenvalue weighted by Gasteiger charge is -2.41. The molecule has 2 fully saturated rings. The van der Waals surface area contributed by atoms with Gasteiger partial charge in [0.1, 0.15) is 0 Å². The summed E-state index contributed by atoms with van der Waals surface area (Å²) in [4.78, 5) is 25.1. The fourth-order valence-electron chi connectivity index (χ4n) is 4.59. The molecule has 2 aliphatic rings. The molecule has 2 aliphatic heterocycles. The summed E-state index contributed by atoms with van der Waals surface area (Å²) in [6.07, 6.45) is 9.01. The molecule has 9 nitrogen and oxygen atoms in total. The van der Waals surface area contributed by atoms with Crippen LogP contribution in [0.4, 0.5) is 10.7 Å². The number of hydrogen-bond acceptors (Lipinski definition) is 7. The van der Waals surface area contributed by atoms with Crippen molar-refractivity contribution in [2.45, 2.75) is 50.7 Å². The van der Waals surface area contributed by atoms with Crippen LogP contribution in [0.15, 0.2) is 24.7 Å². The molecule has 0 aromatic carbocycles. The quantitative estimate of drug-likeness (QED) is 0.803. The minimum Gasteiger partial charge on any atom is -0.453 e. The first-order valence-corrected chi connectivity index (χ1v) is 10.7. The Morgan fingerprint density at radius 2 is 1.97 bits per heavy atom. The fourth-order valence-corrected chi connectivity index (χ4v) is 4.59. The number of piperidine rings is 2. The molecule has 0 unspecified atom stereocenters. The van der Waals surface area contributed by atoms with Gasteiger partial charge >= 0.3 is 6.09 Å². The van der Waals surface area contributed by atoms with E-state index < -0.39 is 0 Å². The number of amides is 1. The summed E-state index contributed by atoms with van der Waals surface area (Å²) < 4.78 is 11.4. The Hall–Kier alpha value is -2.68. The van der Waals surface area contributed by atoms with E-state index in [4.69, 9.17) is 9.47 Å². The molecule has 4 heterocycles. The van der Waals surface area contributed by atoms with Gasteiger partial charge in [0.15, 0.2) is 0 Å². The number of ether oxygens (including phenoxy) is 2. The SMILES string of the molecule is COC(=O)N1CCC[C@H](c2[nH]ncc2C)[C@@H]1COC1CCN(c2ncccn2)CC1. The zero-order chi connectivity index (χ0) is 20.9. The molecule has 0 bridgehead atoms. The van der Waals surface area contributed by atoms with Crippen molar-refractivity contribution in [2.24, 2.45) is 0 Å². The van der Waals surface area contributed by atoms with Gasteiger partial charge in [-0.2, -0.15) is 5.10 Å². The van der Waals surface area contributed by atoms with E-state index in [1.54, 1.807) is 12.4 Å². The lowest BCUT2D eigenvalue weighted by molar-refractivity contribution is -0.0178. The number of nitrogens with zero attached hydrogens (tertiary/aromatic N) is 5. The van der Waals surface area contributed by atoms with E-state index in [9.17, 15) is 4.79 Å². The maximum Gasteiger partial charge on any atom is 0.409 e. The number of carbonyl (C=O) groups is 1. The molecule has 0 saturated carbocycles. The Labute approximate surface area is 176 Å².